The van der Waals surface area contributed by atoms with Gasteiger partial charge >= 0.3 is 0 Å². The average molecular weight is 271 g/mol. The van der Waals surface area contributed by atoms with Crippen LogP contribution in [0.25, 0.3) is 0 Å². The number of para-hydroxylation sites is 2. The van der Waals surface area contributed by atoms with E-state index < -0.39 is 6.10 Å². The monoisotopic (exact) mass is 271 g/mol. The molecule has 2 aromatic carbocycles. The predicted octanol–water partition coefficient (Wildman–Crippen LogP) is 3.02. The van der Waals surface area contributed by atoms with Gasteiger partial charge in [-0.2, -0.15) is 0 Å². The first-order valence-corrected chi connectivity index (χ1v) is 6.28. The number of amides is 1. The van der Waals surface area contributed by atoms with Crippen LogP contribution in [0.4, 0.5) is 5.69 Å². The number of ether oxygens (including phenoxy) is 2. The van der Waals surface area contributed by atoms with Crippen LogP contribution in [0.1, 0.15) is 11.7 Å². The zero-order chi connectivity index (χ0) is 14.4. The minimum absolute atomic E-state index is 0.233. The third-order valence-electron chi connectivity index (χ3n) is 2.94. The molecule has 0 saturated heterocycles. The molecule has 2 rings (SSSR count). The standard InChI is InChI=1S/C16H17NO3/c1-19-14-11-7-6-10-13(14)17-16(18)15(20-2)12-8-4-3-5-9-12/h3-11,15H,1-2H3,(H,17,18). The highest BCUT2D eigenvalue weighted by Crippen LogP contribution is 2.25. The molecule has 0 aromatic heterocycles. The number of hydrogen-bond acceptors (Lipinski definition) is 3. The van der Waals surface area contributed by atoms with E-state index in [1.165, 1.54) is 7.11 Å². The van der Waals surface area contributed by atoms with Gasteiger partial charge in [-0.3, -0.25) is 4.79 Å². The summed E-state index contributed by atoms with van der Waals surface area (Å²) >= 11 is 0. The molecule has 20 heavy (non-hydrogen) atoms. The normalized spacial score (nSPS) is 11.7. The highest BCUT2D eigenvalue weighted by Gasteiger charge is 2.20. The summed E-state index contributed by atoms with van der Waals surface area (Å²) in [5.41, 5.74) is 1.43. The Hall–Kier alpha value is -2.33. The highest BCUT2D eigenvalue weighted by molar-refractivity contribution is 5.96. The van der Waals surface area contributed by atoms with Crippen molar-refractivity contribution in [3.05, 3.63) is 60.2 Å². The van der Waals surface area contributed by atoms with Gasteiger partial charge in [0.05, 0.1) is 12.8 Å². The lowest BCUT2D eigenvalue weighted by molar-refractivity contribution is -0.126. The third-order valence-corrected chi connectivity index (χ3v) is 2.94. The van der Waals surface area contributed by atoms with Gasteiger partial charge < -0.3 is 14.8 Å². The summed E-state index contributed by atoms with van der Waals surface area (Å²) in [6.07, 6.45) is -0.652. The van der Waals surface area contributed by atoms with E-state index in [1.54, 1.807) is 19.2 Å². The van der Waals surface area contributed by atoms with Gasteiger partial charge in [-0.05, 0) is 17.7 Å². The van der Waals surface area contributed by atoms with Crippen LogP contribution in [0.5, 0.6) is 5.75 Å². The molecule has 4 nitrogen and oxygen atoms in total. The molecule has 0 aliphatic rings. The van der Waals surface area contributed by atoms with Crippen molar-refractivity contribution >= 4 is 11.6 Å². The van der Waals surface area contributed by atoms with Crippen molar-refractivity contribution < 1.29 is 14.3 Å². The fourth-order valence-corrected chi connectivity index (χ4v) is 1.97. The van der Waals surface area contributed by atoms with Crippen LogP contribution in [0.3, 0.4) is 0 Å². The Bertz CT molecular complexity index is 569. The van der Waals surface area contributed by atoms with E-state index in [0.717, 1.165) is 5.56 Å². The number of rotatable bonds is 5. The molecule has 0 saturated carbocycles. The van der Waals surface area contributed by atoms with E-state index in [0.29, 0.717) is 11.4 Å². The van der Waals surface area contributed by atoms with E-state index >= 15 is 0 Å². The summed E-state index contributed by atoms with van der Waals surface area (Å²) in [5, 5.41) is 2.82. The van der Waals surface area contributed by atoms with Crippen LogP contribution < -0.4 is 10.1 Å². The predicted molar refractivity (Wildman–Crippen MR) is 77.8 cm³/mol. The molecular formula is C16H17NO3. The van der Waals surface area contributed by atoms with Crippen molar-refractivity contribution in [2.45, 2.75) is 6.10 Å². The lowest BCUT2D eigenvalue weighted by Crippen LogP contribution is -2.22. The number of carbonyl (C=O) groups excluding carboxylic acids is 1. The van der Waals surface area contributed by atoms with Gasteiger partial charge in [0.2, 0.25) is 0 Å². The molecule has 0 heterocycles. The number of nitrogens with one attached hydrogen (secondary N) is 1. The van der Waals surface area contributed by atoms with Gasteiger partial charge in [0.15, 0.2) is 6.10 Å². The Kier molecular flexibility index (Phi) is 4.74. The zero-order valence-electron chi connectivity index (χ0n) is 11.5. The number of benzene rings is 2. The number of hydrogen-bond donors (Lipinski definition) is 1. The fourth-order valence-electron chi connectivity index (χ4n) is 1.97. The topological polar surface area (TPSA) is 47.6 Å². The zero-order valence-corrected chi connectivity index (χ0v) is 11.5. The molecule has 0 aliphatic heterocycles. The lowest BCUT2D eigenvalue weighted by atomic mass is 10.1. The molecule has 104 valence electrons. The Morgan fingerprint density at radius 1 is 1.00 bits per heavy atom. The van der Waals surface area contributed by atoms with Crippen LogP contribution >= 0.6 is 0 Å². The molecule has 1 atom stereocenters. The molecule has 0 aliphatic carbocycles. The molecular weight excluding hydrogens is 254 g/mol. The summed E-state index contributed by atoms with van der Waals surface area (Å²) in [6, 6.07) is 16.6. The Balaban J connectivity index is 2.18. The van der Waals surface area contributed by atoms with Crippen molar-refractivity contribution in [1.29, 1.82) is 0 Å². The summed E-state index contributed by atoms with van der Waals surface area (Å²) in [6.45, 7) is 0. The number of methoxy groups -OCH3 is 2. The van der Waals surface area contributed by atoms with Crippen LogP contribution in [-0.2, 0) is 9.53 Å². The van der Waals surface area contributed by atoms with Gasteiger partial charge in [0.1, 0.15) is 5.75 Å². The minimum Gasteiger partial charge on any atom is -0.495 e. The quantitative estimate of drug-likeness (QED) is 0.909. The van der Waals surface area contributed by atoms with Crippen molar-refractivity contribution in [2.75, 3.05) is 19.5 Å². The van der Waals surface area contributed by atoms with Crippen LogP contribution in [0.2, 0.25) is 0 Å². The van der Waals surface area contributed by atoms with Crippen LogP contribution in [-0.4, -0.2) is 20.1 Å². The molecule has 1 amide bonds. The number of carbonyl (C=O) groups is 1. The second-order valence-corrected chi connectivity index (χ2v) is 4.22. The van der Waals surface area contributed by atoms with Crippen LogP contribution in [0, 0.1) is 0 Å². The van der Waals surface area contributed by atoms with Gasteiger partial charge in [-0.1, -0.05) is 42.5 Å². The van der Waals surface area contributed by atoms with Crippen molar-refractivity contribution in [1.82, 2.24) is 0 Å². The fraction of sp³-hybridized carbons (Fsp3) is 0.188. The second kappa shape index (κ2) is 6.73. The largest absolute Gasteiger partial charge is 0.495 e. The van der Waals surface area contributed by atoms with Crippen molar-refractivity contribution in [2.24, 2.45) is 0 Å². The third kappa shape index (κ3) is 3.16. The molecule has 0 radical (unpaired) electrons. The maximum Gasteiger partial charge on any atom is 0.258 e. The molecule has 4 heteroatoms. The van der Waals surface area contributed by atoms with Gasteiger partial charge in [0, 0.05) is 7.11 Å². The molecule has 2 aromatic rings. The maximum atomic E-state index is 12.3. The van der Waals surface area contributed by atoms with Crippen LogP contribution in [0.15, 0.2) is 54.6 Å². The first-order chi connectivity index (χ1) is 9.76. The molecule has 0 bridgehead atoms. The van der Waals surface area contributed by atoms with Crippen molar-refractivity contribution in [3.63, 3.8) is 0 Å². The summed E-state index contributed by atoms with van der Waals surface area (Å²) in [4.78, 5) is 12.3. The van der Waals surface area contributed by atoms with Gasteiger partial charge in [-0.25, -0.2) is 0 Å². The molecule has 1 unspecified atom stereocenters. The second-order valence-electron chi connectivity index (χ2n) is 4.22. The lowest BCUT2D eigenvalue weighted by Gasteiger charge is -2.16. The average Bonchev–Trinajstić information content (AvgIpc) is 2.49. The summed E-state index contributed by atoms with van der Waals surface area (Å²) < 4.78 is 10.5. The van der Waals surface area contributed by atoms with Gasteiger partial charge in [-0.15, -0.1) is 0 Å². The SMILES string of the molecule is COc1ccccc1NC(=O)C(OC)c1ccccc1. The Morgan fingerprint density at radius 3 is 2.30 bits per heavy atom. The Labute approximate surface area is 118 Å². The summed E-state index contributed by atoms with van der Waals surface area (Å²) in [5.74, 6) is 0.381. The molecule has 0 spiro atoms. The van der Waals surface area contributed by atoms with Gasteiger partial charge in [0.25, 0.3) is 5.91 Å². The van der Waals surface area contributed by atoms with E-state index in [1.807, 2.05) is 42.5 Å². The highest BCUT2D eigenvalue weighted by atomic mass is 16.5. The molecule has 0 fully saturated rings. The number of anilines is 1. The first kappa shape index (κ1) is 14.1. The maximum absolute atomic E-state index is 12.3. The van der Waals surface area contributed by atoms with Crippen molar-refractivity contribution in [3.8, 4) is 5.75 Å². The Morgan fingerprint density at radius 2 is 1.65 bits per heavy atom. The summed E-state index contributed by atoms with van der Waals surface area (Å²) in [7, 11) is 3.08. The minimum atomic E-state index is -0.652. The van der Waals surface area contributed by atoms with E-state index in [2.05, 4.69) is 5.32 Å². The molecule has 1 N–H and O–H groups in total. The van der Waals surface area contributed by atoms with E-state index in [-0.39, 0.29) is 5.91 Å². The first-order valence-electron chi connectivity index (χ1n) is 6.28. The smallest absolute Gasteiger partial charge is 0.258 e. The van der Waals surface area contributed by atoms with E-state index in [4.69, 9.17) is 9.47 Å². The van der Waals surface area contributed by atoms with E-state index in [9.17, 15) is 4.79 Å².